The van der Waals surface area contributed by atoms with Crippen LogP contribution in [0.25, 0.3) is 5.69 Å². The highest BCUT2D eigenvalue weighted by molar-refractivity contribution is 7.89. The Morgan fingerprint density at radius 1 is 1.03 bits per heavy atom. The number of ether oxygens (including phenoxy) is 2. The van der Waals surface area contributed by atoms with E-state index in [-0.39, 0.29) is 11.4 Å². The zero-order valence-corrected chi connectivity index (χ0v) is 21.5. The summed E-state index contributed by atoms with van der Waals surface area (Å²) in [6, 6.07) is 14.1. The number of fused-ring (bicyclic) bond motifs is 1. The molecule has 4 aromatic rings. The Hall–Kier alpha value is -3.89. The zero-order valence-electron chi connectivity index (χ0n) is 20.7. The van der Waals surface area contributed by atoms with E-state index in [1.807, 2.05) is 35.0 Å². The van der Waals surface area contributed by atoms with Crippen LogP contribution in [0.15, 0.2) is 88.9 Å². The summed E-state index contributed by atoms with van der Waals surface area (Å²) in [6.45, 7) is 5.33. The number of nitrogens with zero attached hydrogens (tertiary/aromatic N) is 3. The molecule has 192 valence electrons. The molecule has 0 spiro atoms. The molecule has 0 fully saturated rings. The van der Waals surface area contributed by atoms with Gasteiger partial charge in [0.05, 0.1) is 17.5 Å². The topological polar surface area (TPSA) is 104 Å². The molecule has 0 aliphatic carbocycles. The van der Waals surface area contributed by atoms with Gasteiger partial charge in [-0.1, -0.05) is 0 Å². The van der Waals surface area contributed by atoms with Gasteiger partial charge >= 0.3 is 5.97 Å². The quantitative estimate of drug-likeness (QED) is 0.333. The normalized spacial score (nSPS) is 16.2. The second kappa shape index (κ2) is 9.53. The average molecular weight is 522 g/mol. The van der Waals surface area contributed by atoms with Crippen molar-refractivity contribution in [3.8, 4) is 17.2 Å². The minimum Gasteiger partial charge on any atom is -0.467 e. The van der Waals surface area contributed by atoms with Gasteiger partial charge in [0, 0.05) is 24.6 Å². The number of esters is 1. The molecule has 0 amide bonds. The van der Waals surface area contributed by atoms with Crippen molar-refractivity contribution >= 4 is 16.0 Å². The van der Waals surface area contributed by atoms with Crippen LogP contribution in [0.5, 0.6) is 11.5 Å². The number of hydrogen-bond donors (Lipinski definition) is 0. The lowest BCUT2D eigenvalue weighted by Gasteiger charge is -2.33. The molecule has 0 saturated carbocycles. The first kappa shape index (κ1) is 24.8. The van der Waals surface area contributed by atoms with E-state index >= 15 is 0 Å². The molecule has 1 atom stereocenters. The maximum absolute atomic E-state index is 13.6. The molecule has 0 saturated heterocycles. The van der Waals surface area contributed by atoms with Crippen molar-refractivity contribution in [1.82, 2.24) is 13.9 Å². The van der Waals surface area contributed by atoms with Gasteiger partial charge in [-0.3, -0.25) is 0 Å². The molecule has 5 rings (SSSR count). The highest BCUT2D eigenvalue weighted by Crippen LogP contribution is 2.37. The Labute approximate surface area is 215 Å². The van der Waals surface area contributed by atoms with Gasteiger partial charge in [0.25, 0.3) is 0 Å². The predicted molar refractivity (Wildman–Crippen MR) is 135 cm³/mol. The summed E-state index contributed by atoms with van der Waals surface area (Å²) in [5, 5.41) is 0. The third-order valence-corrected chi connectivity index (χ3v) is 7.73. The van der Waals surface area contributed by atoms with Crippen LogP contribution in [0.3, 0.4) is 0 Å². The largest absolute Gasteiger partial charge is 0.467 e. The van der Waals surface area contributed by atoms with E-state index in [1.54, 1.807) is 51.5 Å². The highest BCUT2D eigenvalue weighted by atomic mass is 32.2. The molecule has 2 aromatic heterocycles. The number of imidazole rings is 1. The number of hydrogen-bond acceptors (Lipinski definition) is 7. The highest BCUT2D eigenvalue weighted by Gasteiger charge is 2.44. The number of carbonyl (C=O) groups is 1. The fourth-order valence-corrected chi connectivity index (χ4v) is 5.72. The minimum absolute atomic E-state index is 0.0406. The number of carbonyl (C=O) groups excluding carboxylic acids is 1. The standard InChI is InChI=1S/C27H27N3O6S/c1-27(2,3)36-26(31)24-25-19(13-17-34-25)12-15-30(24)37(32,33)23-10-8-22(9-11-23)35-21-6-4-20(5-7-21)29-16-14-28-18-29/h4-11,13-14,16-18,24H,12,15H2,1-3H3. The Kier molecular flexibility index (Phi) is 6.38. The van der Waals surface area contributed by atoms with Crippen molar-refractivity contribution in [3.05, 3.63) is 90.9 Å². The molecule has 2 aromatic carbocycles. The molecule has 0 radical (unpaired) electrons. The predicted octanol–water partition coefficient (Wildman–Crippen LogP) is 4.89. The van der Waals surface area contributed by atoms with Gasteiger partial charge < -0.3 is 18.5 Å². The third-order valence-electron chi connectivity index (χ3n) is 5.85. The van der Waals surface area contributed by atoms with Gasteiger partial charge in [0.1, 0.15) is 22.9 Å². The van der Waals surface area contributed by atoms with Crippen molar-refractivity contribution in [1.29, 1.82) is 0 Å². The molecule has 1 aliphatic heterocycles. The van der Waals surface area contributed by atoms with E-state index in [9.17, 15) is 13.2 Å². The summed E-state index contributed by atoms with van der Waals surface area (Å²) in [6.07, 6.45) is 7.15. The SMILES string of the molecule is CC(C)(C)OC(=O)C1c2occc2CCN1S(=O)(=O)c1ccc(Oc2ccc(-n3ccnc3)cc2)cc1. The first-order valence-electron chi connectivity index (χ1n) is 11.8. The lowest BCUT2D eigenvalue weighted by molar-refractivity contribution is -0.160. The number of benzene rings is 2. The van der Waals surface area contributed by atoms with Crippen LogP contribution in [0.1, 0.15) is 38.1 Å². The lowest BCUT2D eigenvalue weighted by Crippen LogP contribution is -2.45. The number of sulfonamides is 1. The number of rotatable bonds is 6. The molecule has 3 heterocycles. The Morgan fingerprint density at radius 2 is 1.70 bits per heavy atom. The number of aromatic nitrogens is 2. The first-order valence-corrected chi connectivity index (χ1v) is 13.2. The van der Waals surface area contributed by atoms with Crippen LogP contribution in [0.4, 0.5) is 0 Å². The summed E-state index contributed by atoms with van der Waals surface area (Å²) in [5.41, 5.74) is 0.948. The van der Waals surface area contributed by atoms with E-state index in [2.05, 4.69) is 4.98 Å². The minimum atomic E-state index is -4.04. The average Bonchev–Trinajstić information content (AvgIpc) is 3.55. The Balaban J connectivity index is 1.36. The molecule has 9 nitrogen and oxygen atoms in total. The third kappa shape index (κ3) is 5.16. The van der Waals surface area contributed by atoms with Crippen LogP contribution >= 0.6 is 0 Å². The van der Waals surface area contributed by atoms with Crippen molar-refractivity contribution in [2.75, 3.05) is 6.54 Å². The van der Waals surface area contributed by atoms with Crippen molar-refractivity contribution < 1.29 is 27.1 Å². The van der Waals surface area contributed by atoms with Gasteiger partial charge in [-0.15, -0.1) is 0 Å². The van der Waals surface area contributed by atoms with E-state index in [0.717, 1.165) is 15.6 Å². The van der Waals surface area contributed by atoms with Crippen LogP contribution < -0.4 is 4.74 Å². The maximum atomic E-state index is 13.6. The van der Waals surface area contributed by atoms with Gasteiger partial charge in [-0.25, -0.2) is 18.2 Å². The molecular weight excluding hydrogens is 494 g/mol. The Morgan fingerprint density at radius 3 is 2.32 bits per heavy atom. The molecule has 0 N–H and O–H groups in total. The maximum Gasteiger partial charge on any atom is 0.332 e. The Bertz CT molecular complexity index is 1480. The molecule has 0 bridgehead atoms. The summed E-state index contributed by atoms with van der Waals surface area (Å²) in [7, 11) is -4.04. The fraction of sp³-hybridized carbons (Fsp3) is 0.259. The smallest absolute Gasteiger partial charge is 0.332 e. The molecule has 37 heavy (non-hydrogen) atoms. The van der Waals surface area contributed by atoms with Crippen LogP contribution in [0.2, 0.25) is 0 Å². The fourth-order valence-electron chi connectivity index (χ4n) is 4.17. The summed E-state index contributed by atoms with van der Waals surface area (Å²) >= 11 is 0. The zero-order chi connectivity index (χ0) is 26.2. The molecule has 1 unspecified atom stereocenters. The van der Waals surface area contributed by atoms with Crippen molar-refractivity contribution in [3.63, 3.8) is 0 Å². The van der Waals surface area contributed by atoms with E-state index in [4.69, 9.17) is 13.9 Å². The summed E-state index contributed by atoms with van der Waals surface area (Å²) in [5.74, 6) is 0.699. The van der Waals surface area contributed by atoms with Gasteiger partial charge in [0.2, 0.25) is 10.0 Å². The van der Waals surface area contributed by atoms with Gasteiger partial charge in [-0.2, -0.15) is 4.31 Å². The van der Waals surface area contributed by atoms with E-state index < -0.39 is 27.6 Å². The van der Waals surface area contributed by atoms with Crippen molar-refractivity contribution in [2.45, 2.75) is 43.7 Å². The second-order valence-corrected chi connectivity index (χ2v) is 11.5. The molecular formula is C27H27N3O6S. The van der Waals surface area contributed by atoms with Crippen LogP contribution in [-0.4, -0.2) is 40.4 Å². The molecule has 10 heteroatoms. The summed E-state index contributed by atoms with van der Waals surface area (Å²) < 4.78 is 47.3. The summed E-state index contributed by atoms with van der Waals surface area (Å²) in [4.78, 5) is 17.2. The van der Waals surface area contributed by atoms with E-state index in [1.165, 1.54) is 18.4 Å². The molecule has 1 aliphatic rings. The number of furan rings is 1. The van der Waals surface area contributed by atoms with Crippen LogP contribution in [-0.2, 0) is 26.0 Å². The second-order valence-electron chi connectivity index (χ2n) is 9.65. The van der Waals surface area contributed by atoms with Crippen LogP contribution in [0, 0.1) is 0 Å². The monoisotopic (exact) mass is 521 g/mol. The van der Waals surface area contributed by atoms with Gasteiger partial charge in [0.15, 0.2) is 6.04 Å². The van der Waals surface area contributed by atoms with E-state index in [0.29, 0.717) is 23.7 Å². The van der Waals surface area contributed by atoms with Crippen molar-refractivity contribution in [2.24, 2.45) is 0 Å². The first-order chi connectivity index (χ1) is 17.6. The van der Waals surface area contributed by atoms with Gasteiger partial charge in [-0.05, 0) is 87.4 Å². The lowest BCUT2D eigenvalue weighted by atomic mass is 10.0.